The highest BCUT2D eigenvalue weighted by atomic mass is 19.1. The SMILES string of the molecule is CCc1cccc(CN(C[C@@H](O)C(N)c2cc(F)cc(F)c2)C(=O)c2cc(C)cc(C(=O)N(C)CC(=O)N(C)C)c2)c1. The molecule has 3 rings (SSSR count). The van der Waals surface area contributed by atoms with Gasteiger partial charge in [-0.3, -0.25) is 14.4 Å². The largest absolute Gasteiger partial charge is 0.389 e. The zero-order chi connectivity index (χ0) is 31.1. The van der Waals surface area contributed by atoms with Crippen LogP contribution in [0.2, 0.25) is 0 Å². The Morgan fingerprint density at radius 2 is 1.48 bits per heavy atom. The smallest absolute Gasteiger partial charge is 0.254 e. The number of halogens is 2. The first kappa shape index (κ1) is 32.4. The molecule has 3 N–H and O–H groups in total. The molecule has 0 bridgehead atoms. The summed E-state index contributed by atoms with van der Waals surface area (Å²) in [6.45, 7) is 3.49. The maximum absolute atomic E-state index is 13.9. The van der Waals surface area contributed by atoms with E-state index in [2.05, 4.69) is 0 Å². The first-order valence-corrected chi connectivity index (χ1v) is 13.6. The van der Waals surface area contributed by atoms with E-state index in [0.717, 1.165) is 29.7 Å². The third-order valence-electron chi connectivity index (χ3n) is 6.94. The predicted molar refractivity (Wildman–Crippen MR) is 157 cm³/mol. The van der Waals surface area contributed by atoms with Gasteiger partial charge >= 0.3 is 0 Å². The molecule has 1 unspecified atom stereocenters. The molecule has 0 aliphatic carbocycles. The number of likely N-dealkylation sites (N-methyl/N-ethyl adjacent to an activating group) is 2. The van der Waals surface area contributed by atoms with E-state index in [1.165, 1.54) is 27.8 Å². The fourth-order valence-electron chi connectivity index (χ4n) is 4.57. The van der Waals surface area contributed by atoms with Crippen LogP contribution in [0, 0.1) is 18.6 Å². The van der Waals surface area contributed by atoms with Crippen molar-refractivity contribution in [2.45, 2.75) is 39.0 Å². The molecule has 3 aromatic carbocycles. The maximum atomic E-state index is 13.9. The van der Waals surface area contributed by atoms with Crippen LogP contribution in [0.3, 0.4) is 0 Å². The topological polar surface area (TPSA) is 107 Å². The number of carbonyl (C=O) groups excluding carboxylic acids is 3. The monoisotopic (exact) mass is 580 g/mol. The summed E-state index contributed by atoms with van der Waals surface area (Å²) >= 11 is 0. The molecule has 0 aliphatic rings. The van der Waals surface area contributed by atoms with Gasteiger partial charge in [0.25, 0.3) is 11.8 Å². The summed E-state index contributed by atoms with van der Waals surface area (Å²) in [7, 11) is 4.70. The Kier molecular flexibility index (Phi) is 10.9. The van der Waals surface area contributed by atoms with Crippen molar-refractivity contribution in [1.82, 2.24) is 14.7 Å². The molecule has 0 fully saturated rings. The van der Waals surface area contributed by atoms with Gasteiger partial charge in [0.15, 0.2) is 0 Å². The second-order valence-corrected chi connectivity index (χ2v) is 10.7. The molecule has 10 heteroatoms. The van der Waals surface area contributed by atoms with E-state index < -0.39 is 35.6 Å². The minimum atomic E-state index is -1.36. The molecular weight excluding hydrogens is 542 g/mol. The number of amides is 3. The van der Waals surface area contributed by atoms with E-state index in [0.29, 0.717) is 11.6 Å². The van der Waals surface area contributed by atoms with Crippen LogP contribution in [0.5, 0.6) is 0 Å². The van der Waals surface area contributed by atoms with Gasteiger partial charge in [0.05, 0.1) is 18.7 Å². The zero-order valence-electron chi connectivity index (χ0n) is 24.6. The molecule has 8 nitrogen and oxygen atoms in total. The van der Waals surface area contributed by atoms with Crippen molar-refractivity contribution in [3.63, 3.8) is 0 Å². The molecule has 0 aromatic heterocycles. The molecule has 42 heavy (non-hydrogen) atoms. The number of nitrogens with two attached hydrogens (primary N) is 1. The van der Waals surface area contributed by atoms with Gasteiger partial charge in [-0.1, -0.05) is 31.2 Å². The van der Waals surface area contributed by atoms with Crippen molar-refractivity contribution in [2.24, 2.45) is 5.73 Å². The molecule has 0 aliphatic heterocycles. The molecule has 3 amide bonds. The summed E-state index contributed by atoms with van der Waals surface area (Å²) in [6, 6.07) is 14.0. The Labute approximate surface area is 245 Å². The first-order chi connectivity index (χ1) is 19.8. The van der Waals surface area contributed by atoms with Crippen molar-refractivity contribution in [3.8, 4) is 0 Å². The maximum Gasteiger partial charge on any atom is 0.254 e. The molecule has 0 saturated heterocycles. The first-order valence-electron chi connectivity index (χ1n) is 13.6. The summed E-state index contributed by atoms with van der Waals surface area (Å²) in [5, 5.41) is 11.0. The van der Waals surface area contributed by atoms with E-state index in [4.69, 9.17) is 5.73 Å². The van der Waals surface area contributed by atoms with E-state index in [-0.39, 0.29) is 42.2 Å². The van der Waals surface area contributed by atoms with Gasteiger partial charge < -0.3 is 25.5 Å². The average molecular weight is 581 g/mol. The lowest BCUT2D eigenvalue weighted by molar-refractivity contribution is -0.129. The Hall–Kier alpha value is -4.15. The lowest BCUT2D eigenvalue weighted by Crippen LogP contribution is -2.41. The average Bonchev–Trinajstić information content (AvgIpc) is 2.94. The van der Waals surface area contributed by atoms with Gasteiger partial charge in [-0.15, -0.1) is 0 Å². The summed E-state index contributed by atoms with van der Waals surface area (Å²) in [6.07, 6.45) is -0.577. The number of hydrogen-bond donors (Lipinski definition) is 2. The highest BCUT2D eigenvalue weighted by Crippen LogP contribution is 2.21. The molecule has 3 aromatic rings. The van der Waals surface area contributed by atoms with Crippen molar-refractivity contribution >= 4 is 17.7 Å². The minimum Gasteiger partial charge on any atom is -0.389 e. The molecule has 0 spiro atoms. The Balaban J connectivity index is 1.94. The van der Waals surface area contributed by atoms with Crippen LogP contribution < -0.4 is 5.73 Å². The van der Waals surface area contributed by atoms with Crippen LogP contribution in [0.15, 0.2) is 60.7 Å². The zero-order valence-corrected chi connectivity index (χ0v) is 24.6. The standard InChI is InChI=1S/C32H38F2N4O4/c1-6-21-8-7-9-22(12-21)17-38(18-28(39)30(35)23-14-26(33)16-27(34)15-23)32(42)25-11-20(2)10-24(13-25)31(41)37(5)19-29(40)36(3)4/h7-16,28,30,39H,6,17-19,35H2,1-5H3/t28-,30?/m1/s1. The molecule has 0 heterocycles. The lowest BCUT2D eigenvalue weighted by Gasteiger charge is -2.29. The highest BCUT2D eigenvalue weighted by Gasteiger charge is 2.26. The molecule has 0 saturated carbocycles. The van der Waals surface area contributed by atoms with Gasteiger partial charge in [-0.05, 0) is 65.9 Å². The molecule has 0 radical (unpaired) electrons. The van der Waals surface area contributed by atoms with Crippen molar-refractivity contribution < 1.29 is 28.3 Å². The Morgan fingerprint density at radius 1 is 0.881 bits per heavy atom. The van der Waals surface area contributed by atoms with Crippen LogP contribution in [0.25, 0.3) is 0 Å². The van der Waals surface area contributed by atoms with E-state index >= 15 is 0 Å². The Morgan fingerprint density at radius 3 is 2.07 bits per heavy atom. The number of benzene rings is 3. The van der Waals surface area contributed by atoms with Gasteiger partial charge in [0.1, 0.15) is 11.6 Å². The fourth-order valence-corrected chi connectivity index (χ4v) is 4.57. The predicted octanol–water partition coefficient (Wildman–Crippen LogP) is 3.70. The molecule has 224 valence electrons. The summed E-state index contributed by atoms with van der Waals surface area (Å²) in [5.41, 5.74) is 9.19. The number of aliphatic hydroxyl groups excluding tert-OH is 1. The molecular formula is C32H38F2N4O4. The van der Waals surface area contributed by atoms with Crippen LogP contribution in [0.1, 0.15) is 55.9 Å². The van der Waals surface area contributed by atoms with E-state index in [1.54, 1.807) is 33.2 Å². The second kappa shape index (κ2) is 14.2. The third-order valence-corrected chi connectivity index (χ3v) is 6.94. The second-order valence-electron chi connectivity index (χ2n) is 10.7. The van der Waals surface area contributed by atoms with Crippen LogP contribution in [0.4, 0.5) is 8.78 Å². The van der Waals surface area contributed by atoms with Gasteiger partial charge in [0.2, 0.25) is 5.91 Å². The lowest BCUT2D eigenvalue weighted by atomic mass is 10.00. The fraction of sp³-hybridized carbons (Fsp3) is 0.344. The van der Waals surface area contributed by atoms with Crippen molar-refractivity contribution in [2.75, 3.05) is 34.2 Å². The number of rotatable bonds is 11. The van der Waals surface area contributed by atoms with Gasteiger partial charge in [0, 0.05) is 51.4 Å². The normalized spacial score (nSPS) is 12.4. The van der Waals surface area contributed by atoms with Crippen LogP contribution in [-0.4, -0.2) is 77.9 Å². The highest BCUT2D eigenvalue weighted by molar-refractivity contribution is 6.01. The Bertz CT molecular complexity index is 1430. The van der Waals surface area contributed by atoms with Crippen LogP contribution in [-0.2, 0) is 17.8 Å². The summed E-state index contributed by atoms with van der Waals surface area (Å²) in [4.78, 5) is 43.3. The summed E-state index contributed by atoms with van der Waals surface area (Å²) in [5.74, 6) is -2.81. The number of aryl methyl sites for hydroxylation is 2. The summed E-state index contributed by atoms with van der Waals surface area (Å²) < 4.78 is 27.7. The number of nitrogens with zero attached hydrogens (tertiary/aromatic N) is 3. The van der Waals surface area contributed by atoms with Crippen molar-refractivity contribution in [3.05, 3.63) is 106 Å². The number of carbonyl (C=O) groups is 3. The number of aliphatic hydroxyl groups is 1. The van der Waals surface area contributed by atoms with Gasteiger partial charge in [-0.25, -0.2) is 8.78 Å². The third kappa shape index (κ3) is 8.43. The quantitative estimate of drug-likeness (QED) is 0.360. The van der Waals surface area contributed by atoms with E-state index in [9.17, 15) is 28.3 Å². The van der Waals surface area contributed by atoms with Gasteiger partial charge in [-0.2, -0.15) is 0 Å². The van der Waals surface area contributed by atoms with Crippen LogP contribution >= 0.6 is 0 Å². The van der Waals surface area contributed by atoms with E-state index in [1.807, 2.05) is 31.2 Å². The molecule has 2 atom stereocenters. The minimum absolute atomic E-state index is 0.0547. The van der Waals surface area contributed by atoms with Crippen molar-refractivity contribution in [1.29, 1.82) is 0 Å². The number of hydrogen-bond acceptors (Lipinski definition) is 5.